The molecule has 0 bridgehead atoms. The average molecular weight is 329 g/mol. The van der Waals surface area contributed by atoms with Gasteiger partial charge in [-0.15, -0.1) is 0 Å². The first-order chi connectivity index (χ1) is 8.58. The van der Waals surface area contributed by atoms with E-state index in [2.05, 4.69) is 26.7 Å². The molecule has 0 spiro atoms. The molecule has 6 heteroatoms. The smallest absolute Gasteiger partial charge is 0.208 e. The molecule has 96 valence electrons. The van der Waals surface area contributed by atoms with E-state index in [0.717, 1.165) is 12.8 Å². The highest BCUT2D eigenvalue weighted by Crippen LogP contribution is 2.27. The average Bonchev–Trinajstić information content (AvgIpc) is 3.14. The maximum absolute atomic E-state index is 12.2. The fourth-order valence-corrected chi connectivity index (χ4v) is 3.76. The van der Waals surface area contributed by atoms with E-state index in [9.17, 15) is 8.42 Å². The number of hydrogen-bond donors (Lipinski definition) is 1. The van der Waals surface area contributed by atoms with Crippen LogP contribution in [-0.2, 0) is 10.0 Å². The van der Waals surface area contributed by atoms with Gasteiger partial charge in [-0.1, -0.05) is 34.1 Å². The van der Waals surface area contributed by atoms with Crippen molar-refractivity contribution in [3.05, 3.63) is 29.8 Å². The second kappa shape index (κ2) is 5.39. The summed E-state index contributed by atoms with van der Waals surface area (Å²) in [6.07, 6.45) is 1.78. The predicted octanol–water partition coefficient (Wildman–Crippen LogP) is 2.13. The minimum Gasteiger partial charge on any atom is -0.208 e. The zero-order valence-electron chi connectivity index (χ0n) is 9.64. The number of halogens is 1. The van der Waals surface area contributed by atoms with Crippen molar-refractivity contribution < 1.29 is 8.42 Å². The highest BCUT2D eigenvalue weighted by molar-refractivity contribution is 9.09. The molecule has 1 N–H and O–H groups in total. The standard InChI is InChI=1S/C12H13BrN2O2S/c13-7-9(8-14)11-3-1-2-4-12(11)18(16,17)15-10-5-6-10/h1-4,9-10,15H,5-7H2. The molecule has 0 heterocycles. The van der Waals surface area contributed by atoms with Crippen molar-refractivity contribution in [1.29, 1.82) is 5.26 Å². The Morgan fingerprint density at radius 2 is 2.11 bits per heavy atom. The minimum atomic E-state index is -3.51. The van der Waals surface area contributed by atoms with Crippen LogP contribution in [0.2, 0.25) is 0 Å². The molecule has 0 amide bonds. The molecule has 1 aliphatic carbocycles. The Morgan fingerprint density at radius 3 is 2.67 bits per heavy atom. The van der Waals surface area contributed by atoms with E-state index in [1.807, 2.05) is 0 Å². The number of nitrogens with one attached hydrogen (secondary N) is 1. The largest absolute Gasteiger partial charge is 0.241 e. The first-order valence-electron chi connectivity index (χ1n) is 5.65. The SMILES string of the molecule is N#CC(CBr)c1ccccc1S(=O)(=O)NC1CC1. The molecular formula is C12H13BrN2O2S. The summed E-state index contributed by atoms with van der Waals surface area (Å²) in [4.78, 5) is 0.211. The number of hydrogen-bond acceptors (Lipinski definition) is 3. The van der Waals surface area contributed by atoms with Gasteiger partial charge in [-0.25, -0.2) is 13.1 Å². The van der Waals surface area contributed by atoms with Crippen LogP contribution in [0.1, 0.15) is 24.3 Å². The first-order valence-corrected chi connectivity index (χ1v) is 8.26. The summed E-state index contributed by atoms with van der Waals surface area (Å²) in [7, 11) is -3.51. The van der Waals surface area contributed by atoms with Crippen molar-refractivity contribution in [2.24, 2.45) is 0 Å². The Morgan fingerprint density at radius 1 is 1.44 bits per heavy atom. The third-order valence-corrected chi connectivity index (χ3v) is 5.04. The number of rotatable bonds is 5. The van der Waals surface area contributed by atoms with E-state index in [0.29, 0.717) is 10.9 Å². The zero-order chi connectivity index (χ0) is 13.2. The Balaban J connectivity index is 2.41. The molecule has 1 fully saturated rings. The summed E-state index contributed by atoms with van der Waals surface area (Å²) >= 11 is 3.24. The van der Waals surface area contributed by atoms with Crippen LogP contribution in [0.4, 0.5) is 0 Å². The van der Waals surface area contributed by atoms with Gasteiger partial charge in [0.25, 0.3) is 0 Å². The molecule has 1 unspecified atom stereocenters. The van der Waals surface area contributed by atoms with E-state index < -0.39 is 15.9 Å². The molecule has 0 radical (unpaired) electrons. The van der Waals surface area contributed by atoms with Crippen LogP contribution < -0.4 is 4.72 Å². The van der Waals surface area contributed by atoms with Gasteiger partial charge in [0.1, 0.15) is 0 Å². The van der Waals surface area contributed by atoms with Crippen molar-refractivity contribution in [3.8, 4) is 6.07 Å². The minimum absolute atomic E-state index is 0.0626. The second-order valence-electron chi connectivity index (χ2n) is 4.27. The molecule has 1 atom stereocenters. The van der Waals surface area contributed by atoms with E-state index in [1.165, 1.54) is 0 Å². The lowest BCUT2D eigenvalue weighted by Crippen LogP contribution is -2.27. The summed E-state index contributed by atoms with van der Waals surface area (Å²) < 4.78 is 27.0. The van der Waals surface area contributed by atoms with Crippen LogP contribution in [-0.4, -0.2) is 19.8 Å². The fourth-order valence-electron chi connectivity index (χ4n) is 1.68. The van der Waals surface area contributed by atoms with E-state index >= 15 is 0 Å². The fraction of sp³-hybridized carbons (Fsp3) is 0.417. The lowest BCUT2D eigenvalue weighted by Gasteiger charge is -2.13. The van der Waals surface area contributed by atoms with Crippen LogP contribution in [0.3, 0.4) is 0 Å². The third-order valence-electron chi connectivity index (χ3n) is 2.79. The van der Waals surface area contributed by atoms with Crippen molar-refractivity contribution >= 4 is 26.0 Å². The number of nitrogens with zero attached hydrogens (tertiary/aromatic N) is 1. The molecular weight excluding hydrogens is 316 g/mol. The van der Waals surface area contributed by atoms with Gasteiger partial charge in [-0.05, 0) is 24.5 Å². The predicted molar refractivity (Wildman–Crippen MR) is 71.9 cm³/mol. The van der Waals surface area contributed by atoms with Crippen LogP contribution in [0, 0.1) is 11.3 Å². The van der Waals surface area contributed by atoms with Gasteiger partial charge in [0.15, 0.2) is 0 Å². The summed E-state index contributed by atoms with van der Waals surface area (Å²) in [6, 6.07) is 8.84. The Bertz CT molecular complexity index is 576. The maximum atomic E-state index is 12.2. The summed E-state index contributed by atoms with van der Waals surface area (Å²) in [6.45, 7) is 0. The van der Waals surface area contributed by atoms with Gasteiger partial charge in [0, 0.05) is 11.4 Å². The number of nitriles is 1. The Kier molecular flexibility index (Phi) is 4.05. The molecule has 2 rings (SSSR count). The van der Waals surface area contributed by atoms with Gasteiger partial charge in [0.2, 0.25) is 10.0 Å². The Hall–Kier alpha value is -0.900. The maximum Gasteiger partial charge on any atom is 0.241 e. The first kappa shape index (κ1) is 13.5. The highest BCUT2D eigenvalue weighted by atomic mass is 79.9. The van der Waals surface area contributed by atoms with E-state index in [4.69, 9.17) is 5.26 Å². The Labute approximate surface area is 115 Å². The van der Waals surface area contributed by atoms with Crippen molar-refractivity contribution in [2.45, 2.75) is 29.7 Å². The van der Waals surface area contributed by atoms with Crippen molar-refractivity contribution in [2.75, 3.05) is 5.33 Å². The molecule has 1 aromatic carbocycles. The second-order valence-corrected chi connectivity index (χ2v) is 6.60. The van der Waals surface area contributed by atoms with Gasteiger partial charge in [0.05, 0.1) is 16.9 Å². The molecule has 0 saturated heterocycles. The van der Waals surface area contributed by atoms with Gasteiger partial charge in [-0.2, -0.15) is 5.26 Å². The summed E-state index contributed by atoms with van der Waals surface area (Å²) in [5.74, 6) is -0.461. The normalized spacial score (nSPS) is 17.1. The van der Waals surface area contributed by atoms with Gasteiger partial charge >= 0.3 is 0 Å². The molecule has 0 aliphatic heterocycles. The van der Waals surface area contributed by atoms with Crippen LogP contribution >= 0.6 is 15.9 Å². The van der Waals surface area contributed by atoms with Crippen LogP contribution in [0.15, 0.2) is 29.2 Å². The monoisotopic (exact) mass is 328 g/mol. The summed E-state index contributed by atoms with van der Waals surface area (Å²) in [5, 5.41) is 9.48. The zero-order valence-corrected chi connectivity index (χ0v) is 12.0. The van der Waals surface area contributed by atoms with E-state index in [1.54, 1.807) is 24.3 Å². The third kappa shape index (κ3) is 2.91. The van der Waals surface area contributed by atoms with Crippen LogP contribution in [0.5, 0.6) is 0 Å². The van der Waals surface area contributed by atoms with Gasteiger partial charge in [-0.3, -0.25) is 0 Å². The lowest BCUT2D eigenvalue weighted by atomic mass is 10.0. The van der Waals surface area contributed by atoms with Crippen molar-refractivity contribution in [3.63, 3.8) is 0 Å². The van der Waals surface area contributed by atoms with Crippen LogP contribution in [0.25, 0.3) is 0 Å². The summed E-state index contributed by atoms with van der Waals surface area (Å²) in [5.41, 5.74) is 0.546. The lowest BCUT2D eigenvalue weighted by molar-refractivity contribution is 0.579. The molecule has 0 aromatic heterocycles. The molecule has 1 saturated carbocycles. The van der Waals surface area contributed by atoms with E-state index in [-0.39, 0.29) is 10.9 Å². The molecule has 18 heavy (non-hydrogen) atoms. The number of alkyl halides is 1. The topological polar surface area (TPSA) is 70.0 Å². The quantitative estimate of drug-likeness (QED) is 0.842. The number of sulfonamides is 1. The molecule has 4 nitrogen and oxygen atoms in total. The highest BCUT2D eigenvalue weighted by Gasteiger charge is 2.30. The van der Waals surface area contributed by atoms with Crippen molar-refractivity contribution in [1.82, 2.24) is 4.72 Å². The van der Waals surface area contributed by atoms with Gasteiger partial charge < -0.3 is 0 Å². The number of benzene rings is 1. The molecule has 1 aliphatic rings. The molecule has 1 aromatic rings.